The third kappa shape index (κ3) is 3.57. The molecule has 1 fully saturated rings. The molecule has 1 saturated heterocycles. The monoisotopic (exact) mass is 337 g/mol. The SMILES string of the molecule is Cc1oc(C(=O)N2CCNCC2)cc1S(=O)(=O)N(C)C.Cl. The van der Waals surface area contributed by atoms with Gasteiger partial charge >= 0.3 is 0 Å². The number of carbonyl (C=O) groups is 1. The van der Waals surface area contributed by atoms with Crippen molar-refractivity contribution >= 4 is 28.3 Å². The lowest BCUT2D eigenvalue weighted by Gasteiger charge is -2.26. The maximum atomic E-state index is 12.3. The Hall–Kier alpha value is -1.09. The van der Waals surface area contributed by atoms with Gasteiger partial charge in [-0.3, -0.25) is 4.79 Å². The minimum Gasteiger partial charge on any atom is -0.455 e. The first-order valence-electron chi connectivity index (χ1n) is 6.37. The summed E-state index contributed by atoms with van der Waals surface area (Å²) in [6, 6.07) is 1.31. The lowest BCUT2D eigenvalue weighted by Crippen LogP contribution is -2.46. The number of furan rings is 1. The van der Waals surface area contributed by atoms with Crippen LogP contribution in [-0.4, -0.2) is 63.8 Å². The van der Waals surface area contributed by atoms with E-state index >= 15 is 0 Å². The molecule has 0 aliphatic carbocycles. The Kier molecular flexibility index (Phi) is 5.80. The van der Waals surface area contributed by atoms with Gasteiger partial charge in [-0.2, -0.15) is 0 Å². The van der Waals surface area contributed by atoms with E-state index in [9.17, 15) is 13.2 Å². The van der Waals surface area contributed by atoms with Gasteiger partial charge in [-0.15, -0.1) is 12.4 Å². The number of aryl methyl sites for hydroxylation is 1. The summed E-state index contributed by atoms with van der Waals surface area (Å²) in [5.74, 6) is 0.0387. The van der Waals surface area contributed by atoms with Crippen molar-refractivity contribution in [3.05, 3.63) is 17.6 Å². The fourth-order valence-electron chi connectivity index (χ4n) is 2.05. The second-order valence-electron chi connectivity index (χ2n) is 4.86. The first kappa shape index (κ1) is 18.0. The number of nitrogens with zero attached hydrogens (tertiary/aromatic N) is 2. The Morgan fingerprint density at radius 3 is 2.43 bits per heavy atom. The van der Waals surface area contributed by atoms with Gasteiger partial charge in [0.05, 0.1) is 0 Å². The minimum atomic E-state index is -3.59. The summed E-state index contributed by atoms with van der Waals surface area (Å²) in [5.41, 5.74) is 0. The zero-order valence-electron chi connectivity index (χ0n) is 12.2. The van der Waals surface area contributed by atoms with E-state index < -0.39 is 10.0 Å². The number of amides is 1. The van der Waals surface area contributed by atoms with Gasteiger partial charge in [-0.05, 0) is 6.92 Å². The van der Waals surface area contributed by atoms with E-state index in [4.69, 9.17) is 4.42 Å². The predicted octanol–water partition coefficient (Wildman–Crippen LogP) is 0.306. The van der Waals surface area contributed by atoms with Crippen molar-refractivity contribution in [2.75, 3.05) is 40.3 Å². The standard InChI is InChI=1S/C12H19N3O4S.ClH/c1-9-11(20(17,18)14(2)3)8-10(19-9)12(16)15-6-4-13-5-7-15;/h8,13H,4-7H2,1-3H3;1H. The van der Waals surface area contributed by atoms with Gasteiger partial charge in [0.15, 0.2) is 5.76 Å². The minimum absolute atomic E-state index is 0. The van der Waals surface area contributed by atoms with Crippen molar-refractivity contribution in [2.24, 2.45) is 0 Å². The van der Waals surface area contributed by atoms with Crippen molar-refractivity contribution in [3.8, 4) is 0 Å². The molecule has 2 heterocycles. The molecule has 1 aliphatic rings. The first-order valence-corrected chi connectivity index (χ1v) is 7.81. The molecule has 21 heavy (non-hydrogen) atoms. The zero-order chi connectivity index (χ0) is 14.9. The van der Waals surface area contributed by atoms with Crippen LogP contribution in [0.15, 0.2) is 15.4 Å². The largest absolute Gasteiger partial charge is 0.455 e. The smallest absolute Gasteiger partial charge is 0.289 e. The van der Waals surface area contributed by atoms with Crippen LogP contribution in [0, 0.1) is 6.92 Å². The third-order valence-corrected chi connectivity index (χ3v) is 5.17. The highest BCUT2D eigenvalue weighted by Crippen LogP contribution is 2.23. The Bertz CT molecular complexity index is 606. The number of rotatable bonds is 3. The molecule has 0 aromatic carbocycles. The van der Waals surface area contributed by atoms with Gasteiger partial charge < -0.3 is 14.6 Å². The van der Waals surface area contributed by atoms with Gasteiger partial charge in [0.25, 0.3) is 5.91 Å². The molecule has 1 aromatic heterocycles. The summed E-state index contributed by atoms with van der Waals surface area (Å²) in [7, 11) is -0.706. The molecule has 0 radical (unpaired) electrons. The summed E-state index contributed by atoms with van der Waals surface area (Å²) in [6.45, 7) is 4.19. The van der Waals surface area contributed by atoms with Crippen LogP contribution in [-0.2, 0) is 10.0 Å². The maximum Gasteiger partial charge on any atom is 0.289 e. The first-order chi connectivity index (χ1) is 9.34. The molecule has 9 heteroatoms. The van der Waals surface area contributed by atoms with E-state index in [1.165, 1.54) is 20.2 Å². The van der Waals surface area contributed by atoms with Crippen LogP contribution < -0.4 is 5.32 Å². The lowest BCUT2D eigenvalue weighted by molar-refractivity contribution is 0.0702. The summed E-state index contributed by atoms with van der Waals surface area (Å²) >= 11 is 0. The molecule has 1 N–H and O–H groups in total. The number of hydrogen-bond acceptors (Lipinski definition) is 5. The average Bonchev–Trinajstić information content (AvgIpc) is 2.81. The Morgan fingerprint density at radius 2 is 1.90 bits per heavy atom. The summed E-state index contributed by atoms with van der Waals surface area (Å²) in [6.07, 6.45) is 0. The molecular weight excluding hydrogens is 318 g/mol. The normalized spacial score (nSPS) is 15.9. The molecule has 1 aliphatic heterocycles. The summed E-state index contributed by atoms with van der Waals surface area (Å²) < 4.78 is 30.6. The Morgan fingerprint density at radius 1 is 1.33 bits per heavy atom. The quantitative estimate of drug-likeness (QED) is 0.858. The number of hydrogen-bond donors (Lipinski definition) is 1. The van der Waals surface area contributed by atoms with Gasteiger partial charge in [0.1, 0.15) is 10.7 Å². The molecule has 0 unspecified atom stereocenters. The van der Waals surface area contributed by atoms with Gasteiger partial charge in [0, 0.05) is 46.3 Å². The molecule has 1 aromatic rings. The fourth-order valence-corrected chi connectivity index (χ4v) is 3.10. The lowest BCUT2D eigenvalue weighted by atomic mass is 10.3. The molecule has 0 spiro atoms. The van der Waals surface area contributed by atoms with Crippen LogP contribution in [0.3, 0.4) is 0 Å². The van der Waals surface area contributed by atoms with Crippen molar-refractivity contribution < 1.29 is 17.6 Å². The van der Waals surface area contributed by atoms with Crippen LogP contribution in [0.1, 0.15) is 16.3 Å². The number of halogens is 1. The Labute approximate surface area is 130 Å². The molecule has 0 atom stereocenters. The highest BCUT2D eigenvalue weighted by Gasteiger charge is 2.28. The molecule has 1 amide bonds. The molecule has 120 valence electrons. The van der Waals surface area contributed by atoms with Crippen LogP contribution >= 0.6 is 12.4 Å². The van der Waals surface area contributed by atoms with Crippen LogP contribution in [0.5, 0.6) is 0 Å². The highest BCUT2D eigenvalue weighted by molar-refractivity contribution is 7.89. The number of sulfonamides is 1. The van der Waals surface area contributed by atoms with E-state index in [0.717, 1.165) is 17.4 Å². The van der Waals surface area contributed by atoms with Crippen molar-refractivity contribution in [1.82, 2.24) is 14.5 Å². The molecule has 0 saturated carbocycles. The molecule has 2 rings (SSSR count). The van der Waals surface area contributed by atoms with E-state index in [0.29, 0.717) is 13.1 Å². The van der Waals surface area contributed by atoms with Gasteiger partial charge in [-0.25, -0.2) is 12.7 Å². The van der Waals surface area contributed by atoms with Gasteiger partial charge in [-0.1, -0.05) is 0 Å². The summed E-state index contributed by atoms with van der Waals surface area (Å²) in [4.78, 5) is 14.0. The van der Waals surface area contributed by atoms with Gasteiger partial charge in [0.2, 0.25) is 10.0 Å². The average molecular weight is 338 g/mol. The van der Waals surface area contributed by atoms with E-state index in [2.05, 4.69) is 5.32 Å². The second-order valence-corrected chi connectivity index (χ2v) is 6.98. The van der Waals surface area contributed by atoms with E-state index in [-0.39, 0.29) is 34.7 Å². The molecule has 7 nitrogen and oxygen atoms in total. The van der Waals surface area contributed by atoms with Crippen molar-refractivity contribution in [3.63, 3.8) is 0 Å². The second kappa shape index (κ2) is 6.78. The van der Waals surface area contributed by atoms with Crippen LogP contribution in [0.25, 0.3) is 0 Å². The molecular formula is C12H20ClN3O4S. The van der Waals surface area contributed by atoms with Crippen LogP contribution in [0.4, 0.5) is 0 Å². The number of piperazine rings is 1. The van der Waals surface area contributed by atoms with E-state index in [1.54, 1.807) is 11.8 Å². The summed E-state index contributed by atoms with van der Waals surface area (Å²) in [5, 5.41) is 3.15. The van der Waals surface area contributed by atoms with Crippen LogP contribution in [0.2, 0.25) is 0 Å². The fraction of sp³-hybridized carbons (Fsp3) is 0.583. The van der Waals surface area contributed by atoms with Crippen molar-refractivity contribution in [1.29, 1.82) is 0 Å². The number of carbonyl (C=O) groups excluding carboxylic acids is 1. The Balaban J connectivity index is 0.00000220. The van der Waals surface area contributed by atoms with E-state index in [1.807, 2.05) is 0 Å². The zero-order valence-corrected chi connectivity index (χ0v) is 13.9. The predicted molar refractivity (Wildman–Crippen MR) is 80.3 cm³/mol. The topological polar surface area (TPSA) is 82.9 Å². The van der Waals surface area contributed by atoms with Crippen molar-refractivity contribution in [2.45, 2.75) is 11.8 Å². The highest BCUT2D eigenvalue weighted by atomic mass is 35.5. The maximum absolute atomic E-state index is 12.3. The number of nitrogens with one attached hydrogen (secondary N) is 1. The molecule has 0 bridgehead atoms. The third-order valence-electron chi connectivity index (χ3n) is 3.25.